The average molecular weight is 323 g/mol. The number of hydrogen-bond donors (Lipinski definition) is 3. The van der Waals surface area contributed by atoms with Gasteiger partial charge in [-0.25, -0.2) is 0 Å². The highest BCUT2D eigenvalue weighted by Crippen LogP contribution is 2.18. The normalized spacial score (nSPS) is 10.0. The second kappa shape index (κ2) is 8.53. The van der Waals surface area contributed by atoms with Crippen molar-refractivity contribution in [2.45, 2.75) is 19.4 Å². The molecule has 2 amide bonds. The molecule has 0 spiro atoms. The number of amides is 2. The van der Waals surface area contributed by atoms with E-state index in [1.807, 2.05) is 24.3 Å². The van der Waals surface area contributed by atoms with E-state index in [0.717, 1.165) is 5.56 Å². The van der Waals surface area contributed by atoms with Crippen molar-refractivity contribution >= 4 is 23.2 Å². The quantitative estimate of drug-likeness (QED) is 0.541. The van der Waals surface area contributed by atoms with E-state index in [9.17, 15) is 9.59 Å². The molecule has 0 fully saturated rings. The van der Waals surface area contributed by atoms with Gasteiger partial charge in [-0.15, -0.1) is 6.58 Å². The fraction of sp³-hybridized carbons (Fsp3) is 0.158. The molecule has 5 nitrogen and oxygen atoms in total. The summed E-state index contributed by atoms with van der Waals surface area (Å²) >= 11 is 0. The largest absolute Gasteiger partial charge is 0.397 e. The van der Waals surface area contributed by atoms with Crippen molar-refractivity contribution in [3.05, 3.63) is 72.3 Å². The Morgan fingerprint density at radius 1 is 1.08 bits per heavy atom. The summed E-state index contributed by atoms with van der Waals surface area (Å²) < 4.78 is 0. The first-order valence-corrected chi connectivity index (χ1v) is 7.72. The van der Waals surface area contributed by atoms with Gasteiger partial charge in [0, 0.05) is 18.5 Å². The van der Waals surface area contributed by atoms with Crippen molar-refractivity contribution in [2.24, 2.45) is 0 Å². The fourth-order valence-corrected chi connectivity index (χ4v) is 2.10. The summed E-state index contributed by atoms with van der Waals surface area (Å²) in [5, 5.41) is 5.60. The Bertz CT molecular complexity index is 724. The molecule has 2 aromatic rings. The number of carbonyl (C=O) groups is 2. The summed E-state index contributed by atoms with van der Waals surface area (Å²) in [4.78, 5) is 23.8. The van der Waals surface area contributed by atoms with Gasteiger partial charge in [0.25, 0.3) is 5.91 Å². The van der Waals surface area contributed by atoms with Gasteiger partial charge >= 0.3 is 0 Å². The van der Waals surface area contributed by atoms with Crippen LogP contribution in [-0.4, -0.2) is 11.8 Å². The molecule has 124 valence electrons. The van der Waals surface area contributed by atoms with Crippen molar-refractivity contribution < 1.29 is 9.59 Å². The van der Waals surface area contributed by atoms with Gasteiger partial charge < -0.3 is 16.4 Å². The first-order valence-electron chi connectivity index (χ1n) is 7.72. The van der Waals surface area contributed by atoms with Crippen LogP contribution in [0.25, 0.3) is 0 Å². The molecule has 0 radical (unpaired) electrons. The molecule has 24 heavy (non-hydrogen) atoms. The van der Waals surface area contributed by atoms with Gasteiger partial charge in [0.1, 0.15) is 0 Å². The van der Waals surface area contributed by atoms with Crippen molar-refractivity contribution in [3.8, 4) is 0 Å². The van der Waals surface area contributed by atoms with Crippen molar-refractivity contribution in [3.63, 3.8) is 0 Å². The number of nitrogen functional groups attached to an aromatic ring is 1. The van der Waals surface area contributed by atoms with E-state index in [0.29, 0.717) is 36.3 Å². The predicted molar refractivity (Wildman–Crippen MR) is 96.5 cm³/mol. The Labute approximate surface area is 141 Å². The second-order valence-corrected chi connectivity index (χ2v) is 5.34. The van der Waals surface area contributed by atoms with E-state index in [1.54, 1.807) is 30.3 Å². The molecular formula is C19H21N3O2. The standard InChI is InChI=1S/C19H21N3O2/c1-2-3-8-18(23)21-13-14-9-11-15(12-10-14)19(24)22-17-7-5-4-6-16(17)20/h2,4-7,9-12H,1,3,8,13,20H2,(H,21,23)(H,22,24). The van der Waals surface area contributed by atoms with Crippen molar-refractivity contribution in [2.75, 3.05) is 11.1 Å². The zero-order valence-electron chi connectivity index (χ0n) is 13.4. The van der Waals surface area contributed by atoms with Crippen LogP contribution in [-0.2, 0) is 11.3 Å². The first kappa shape index (κ1) is 17.3. The van der Waals surface area contributed by atoms with Crippen LogP contribution < -0.4 is 16.4 Å². The van der Waals surface area contributed by atoms with Crippen LogP contribution in [0.3, 0.4) is 0 Å². The maximum absolute atomic E-state index is 12.2. The molecule has 0 atom stereocenters. The van der Waals surface area contributed by atoms with Gasteiger partial charge in [-0.1, -0.05) is 30.3 Å². The Balaban J connectivity index is 1.91. The van der Waals surface area contributed by atoms with E-state index >= 15 is 0 Å². The molecule has 0 saturated heterocycles. The van der Waals surface area contributed by atoms with Crippen LogP contribution in [0.5, 0.6) is 0 Å². The maximum Gasteiger partial charge on any atom is 0.255 e. The van der Waals surface area contributed by atoms with Crippen LogP contribution in [0.2, 0.25) is 0 Å². The third-order valence-corrected chi connectivity index (χ3v) is 3.49. The summed E-state index contributed by atoms with van der Waals surface area (Å²) in [5.41, 5.74) is 8.37. The highest BCUT2D eigenvalue weighted by atomic mass is 16.2. The smallest absolute Gasteiger partial charge is 0.255 e. The molecule has 0 heterocycles. The van der Waals surface area contributed by atoms with Gasteiger partial charge in [-0.3, -0.25) is 9.59 Å². The number of allylic oxidation sites excluding steroid dienone is 1. The fourth-order valence-electron chi connectivity index (χ4n) is 2.10. The zero-order chi connectivity index (χ0) is 17.4. The Morgan fingerprint density at radius 2 is 1.79 bits per heavy atom. The lowest BCUT2D eigenvalue weighted by molar-refractivity contribution is -0.121. The molecular weight excluding hydrogens is 302 g/mol. The van der Waals surface area contributed by atoms with Crippen LogP contribution in [0.4, 0.5) is 11.4 Å². The van der Waals surface area contributed by atoms with Crippen LogP contribution in [0.1, 0.15) is 28.8 Å². The average Bonchev–Trinajstić information content (AvgIpc) is 2.60. The SMILES string of the molecule is C=CCCC(=O)NCc1ccc(C(=O)Nc2ccccc2N)cc1. The number of para-hydroxylation sites is 2. The number of hydrogen-bond acceptors (Lipinski definition) is 3. The first-order chi connectivity index (χ1) is 11.6. The summed E-state index contributed by atoms with van der Waals surface area (Å²) in [7, 11) is 0. The van der Waals surface area contributed by atoms with E-state index in [1.165, 1.54) is 0 Å². The Kier molecular flexibility index (Phi) is 6.14. The second-order valence-electron chi connectivity index (χ2n) is 5.34. The maximum atomic E-state index is 12.2. The molecule has 0 unspecified atom stereocenters. The topological polar surface area (TPSA) is 84.2 Å². The van der Waals surface area contributed by atoms with E-state index in [-0.39, 0.29) is 11.8 Å². The lowest BCUT2D eigenvalue weighted by Gasteiger charge is -2.09. The lowest BCUT2D eigenvalue weighted by Crippen LogP contribution is -2.22. The minimum absolute atomic E-state index is 0.0173. The number of nitrogens with two attached hydrogens (primary N) is 1. The van der Waals surface area contributed by atoms with E-state index in [2.05, 4.69) is 17.2 Å². The van der Waals surface area contributed by atoms with E-state index < -0.39 is 0 Å². The minimum atomic E-state index is -0.227. The number of carbonyl (C=O) groups excluding carboxylic acids is 2. The summed E-state index contributed by atoms with van der Waals surface area (Å²) in [6, 6.07) is 14.2. The molecule has 2 rings (SSSR count). The number of benzene rings is 2. The van der Waals surface area contributed by atoms with Gasteiger partial charge in [-0.2, -0.15) is 0 Å². The third-order valence-electron chi connectivity index (χ3n) is 3.49. The number of anilines is 2. The van der Waals surface area contributed by atoms with Gasteiger partial charge in [0.2, 0.25) is 5.91 Å². The molecule has 2 aromatic carbocycles. The Morgan fingerprint density at radius 3 is 2.46 bits per heavy atom. The number of rotatable bonds is 7. The summed E-state index contributed by atoms with van der Waals surface area (Å²) in [6.07, 6.45) is 2.81. The predicted octanol–water partition coefficient (Wildman–Crippen LogP) is 3.10. The van der Waals surface area contributed by atoms with Crippen LogP contribution in [0, 0.1) is 0 Å². The molecule has 0 aliphatic carbocycles. The summed E-state index contributed by atoms with van der Waals surface area (Å²) in [5.74, 6) is -0.245. The summed E-state index contributed by atoms with van der Waals surface area (Å²) in [6.45, 7) is 4.02. The molecule has 4 N–H and O–H groups in total. The highest BCUT2D eigenvalue weighted by Gasteiger charge is 2.08. The molecule has 0 aliphatic rings. The molecule has 0 aromatic heterocycles. The van der Waals surface area contributed by atoms with Crippen LogP contribution >= 0.6 is 0 Å². The zero-order valence-corrected chi connectivity index (χ0v) is 13.4. The van der Waals surface area contributed by atoms with E-state index in [4.69, 9.17) is 5.73 Å². The number of nitrogens with one attached hydrogen (secondary N) is 2. The highest BCUT2D eigenvalue weighted by molar-refractivity contribution is 6.05. The van der Waals surface area contributed by atoms with Gasteiger partial charge in [0.15, 0.2) is 0 Å². The van der Waals surface area contributed by atoms with Crippen molar-refractivity contribution in [1.82, 2.24) is 5.32 Å². The molecule has 0 bridgehead atoms. The third kappa shape index (κ3) is 4.98. The van der Waals surface area contributed by atoms with Crippen molar-refractivity contribution in [1.29, 1.82) is 0 Å². The monoisotopic (exact) mass is 323 g/mol. The van der Waals surface area contributed by atoms with Crippen LogP contribution in [0.15, 0.2) is 61.2 Å². The molecule has 0 aliphatic heterocycles. The lowest BCUT2D eigenvalue weighted by atomic mass is 10.1. The van der Waals surface area contributed by atoms with Gasteiger partial charge in [-0.05, 0) is 36.2 Å². The Hall–Kier alpha value is -3.08. The minimum Gasteiger partial charge on any atom is -0.397 e. The molecule has 5 heteroatoms. The molecule has 0 saturated carbocycles. The van der Waals surface area contributed by atoms with Gasteiger partial charge in [0.05, 0.1) is 11.4 Å².